The van der Waals surface area contributed by atoms with E-state index in [1.165, 1.54) is 19.5 Å². The number of hydrogen-bond acceptors (Lipinski definition) is 0. The molecular weight excluding hydrogens is 244 g/mol. The lowest BCUT2D eigenvalue weighted by atomic mass is 26.7. The Morgan fingerprint density at radius 1 is 1.20 bits per heavy atom. The molecule has 0 aromatic rings. The number of halogens is 2. The van der Waals surface area contributed by atoms with E-state index >= 15 is 0 Å². The second kappa shape index (κ2) is 2.06. The minimum atomic E-state index is -0.708. The molecule has 0 aliphatic carbocycles. The van der Waals surface area contributed by atoms with Crippen LogP contribution in [0.4, 0.5) is 0 Å². The molecule has 0 N–H and O–H groups in total. The monoisotopic (exact) mass is 248 g/mol. The topological polar surface area (TPSA) is 0 Å². The Morgan fingerprint density at radius 3 is 1.20 bits per heavy atom. The summed E-state index contributed by atoms with van der Waals surface area (Å²) in [6.07, 6.45) is 0. The zero-order valence-electron chi connectivity index (χ0n) is 3.26. The van der Waals surface area contributed by atoms with Crippen LogP contribution >= 0.6 is 30.6 Å². The van der Waals surface area contributed by atoms with E-state index < -0.39 is 4.35 Å². The molecule has 0 saturated carbocycles. The Bertz CT molecular complexity index is 20.4. The highest BCUT2D eigenvalue weighted by atomic mass is 79.9. The van der Waals surface area contributed by atoms with Crippen molar-refractivity contribution in [2.75, 3.05) is 0 Å². The molecule has 0 heterocycles. The minimum absolute atomic E-state index is 0.708. The van der Waals surface area contributed by atoms with E-state index in [0.717, 1.165) is 0 Å². The van der Waals surface area contributed by atoms with Crippen LogP contribution in [0.2, 0.25) is 0 Å². The maximum Gasteiger partial charge on any atom is 0.160 e. The van der Waals surface area contributed by atoms with Crippen LogP contribution in [-0.2, 0) is 0 Å². The summed E-state index contributed by atoms with van der Waals surface area (Å²) in [4.78, 5) is 0. The predicted octanol–water partition coefficient (Wildman–Crippen LogP) is -1.06. The molecule has 0 unspecified atom stereocenters. The fourth-order valence-electron chi connectivity index (χ4n) is 0. The van der Waals surface area contributed by atoms with Crippen molar-refractivity contribution in [1.29, 1.82) is 0 Å². The summed E-state index contributed by atoms with van der Waals surface area (Å²) in [6.45, 7) is 0. The lowest BCUT2D eigenvalue weighted by molar-refractivity contribution is 4.12. The van der Waals surface area contributed by atoms with Crippen LogP contribution in [-0.4, -0.2) is 23.9 Å². The molecule has 32 valence electrons. The van der Waals surface area contributed by atoms with Gasteiger partial charge in [0, 0.05) is 19.5 Å². The normalized spacial score (nSPS) is 13.2. The van der Waals surface area contributed by atoms with Crippen LogP contribution in [0.25, 0.3) is 0 Å². The van der Waals surface area contributed by atoms with Gasteiger partial charge in [-0.15, -0.1) is 30.6 Å². The Labute approximate surface area is 54.3 Å². The van der Waals surface area contributed by atoms with Gasteiger partial charge in [0.15, 0.2) is 4.35 Å². The Morgan fingerprint density at radius 2 is 1.20 bits per heavy atom. The second-order valence-corrected chi connectivity index (χ2v) is 54.6. The fraction of sp³-hybridized carbons (Fsp3) is 0. The lowest BCUT2D eigenvalue weighted by Crippen LogP contribution is -2.16. The van der Waals surface area contributed by atoms with Crippen molar-refractivity contribution in [2.24, 2.45) is 0 Å². The molecule has 0 atom stereocenters. The summed E-state index contributed by atoms with van der Waals surface area (Å²) in [5.74, 6) is 0. The Hall–Kier alpha value is 1.61. The number of hydrogen-bond donors (Lipinski definition) is 0. The van der Waals surface area contributed by atoms with Crippen LogP contribution in [0.1, 0.15) is 0 Å². The van der Waals surface area contributed by atoms with Gasteiger partial charge in [0.25, 0.3) is 0 Å². The summed E-state index contributed by atoms with van der Waals surface area (Å²) in [5, 5.41) is 0. The maximum absolute atomic E-state index is 3.55. The highest BCUT2D eigenvalue weighted by molar-refractivity contribution is 9.54. The predicted molar refractivity (Wildman–Crippen MR) is 43.5 cm³/mol. The average Bonchev–Trinajstić information content (AvgIpc) is 0.722. The van der Waals surface area contributed by atoms with Crippen LogP contribution in [0.15, 0.2) is 0 Å². The van der Waals surface area contributed by atoms with Crippen molar-refractivity contribution >= 4 is 54.5 Å². The first-order chi connectivity index (χ1) is 2.00. The van der Waals surface area contributed by atoms with E-state index in [4.69, 9.17) is 0 Å². The van der Waals surface area contributed by atoms with Crippen molar-refractivity contribution in [3.8, 4) is 0 Å². The molecule has 5 heavy (non-hydrogen) atoms. The van der Waals surface area contributed by atoms with Crippen LogP contribution in [0.5, 0.6) is 0 Å². The van der Waals surface area contributed by atoms with E-state index in [9.17, 15) is 0 Å². The third kappa shape index (κ3) is 28.2. The van der Waals surface area contributed by atoms with Crippen LogP contribution < -0.4 is 0 Å². The summed E-state index contributed by atoms with van der Waals surface area (Å²) in [5.41, 5.74) is 0. The van der Waals surface area contributed by atoms with Crippen molar-refractivity contribution in [3.63, 3.8) is 0 Å². The molecule has 0 bridgehead atoms. The summed E-state index contributed by atoms with van der Waals surface area (Å²) < 4.78 is -0.708. The van der Waals surface area contributed by atoms with Crippen molar-refractivity contribution in [1.82, 2.24) is 0 Å². The molecule has 0 nitrogen and oxygen atoms in total. The minimum Gasteiger partial charge on any atom is -0.120 e. The first-order valence-corrected chi connectivity index (χ1v) is 14.9. The molecule has 0 amide bonds. The van der Waals surface area contributed by atoms with Crippen molar-refractivity contribution < 1.29 is 0 Å². The van der Waals surface area contributed by atoms with Gasteiger partial charge < -0.3 is 0 Å². The van der Waals surface area contributed by atoms with Crippen LogP contribution in [0.3, 0.4) is 0 Å². The highest BCUT2D eigenvalue weighted by Gasteiger charge is 2.06. The van der Waals surface area contributed by atoms with Gasteiger partial charge in [-0.05, 0) is 0 Å². The van der Waals surface area contributed by atoms with Gasteiger partial charge in [0.1, 0.15) is 0 Å². The third-order valence-electron chi connectivity index (χ3n) is 0. The van der Waals surface area contributed by atoms with Gasteiger partial charge in [0.05, 0.1) is 0 Å². The van der Waals surface area contributed by atoms with E-state index in [-0.39, 0.29) is 0 Å². The largest absolute Gasteiger partial charge is 0.160 e. The van der Waals surface area contributed by atoms with E-state index in [1.54, 1.807) is 0 Å². The molecule has 0 aromatic carbocycles. The molecule has 0 aliphatic heterocycles. The fourth-order valence-corrected chi connectivity index (χ4v) is 0. The zero-order chi connectivity index (χ0) is 4.50. The smallest absolute Gasteiger partial charge is 0.120 e. The first kappa shape index (κ1) is 6.61. The maximum atomic E-state index is 3.55. The van der Waals surface area contributed by atoms with Crippen molar-refractivity contribution in [3.05, 3.63) is 0 Å². The van der Waals surface area contributed by atoms with Gasteiger partial charge in [-0.1, -0.05) is 0 Å². The van der Waals surface area contributed by atoms with E-state index in [0.29, 0.717) is 0 Å². The molecule has 0 spiro atoms. The molecule has 0 radical (unpaired) electrons. The summed E-state index contributed by atoms with van der Waals surface area (Å²) in [7, 11) is 2.68. The quantitative estimate of drug-likeness (QED) is 0.380. The molecule has 0 fully saturated rings. The average molecular weight is 250 g/mol. The van der Waals surface area contributed by atoms with E-state index in [1.807, 2.05) is 0 Å². The molecular formula is H6Br2Si3. The van der Waals surface area contributed by atoms with Gasteiger partial charge in [-0.2, -0.15) is 0 Å². The molecule has 0 aliphatic rings. The standard InChI is InChI=1S/Br2H6Si3/c1-5(2,3)4/h3-4H3. The SMILES string of the molecule is [SiH3][Si]([SiH3])(Br)Br. The first-order valence-electron chi connectivity index (χ1n) is 1.38. The summed E-state index contributed by atoms with van der Waals surface area (Å²) in [6, 6.07) is 0. The molecule has 0 saturated heterocycles. The summed E-state index contributed by atoms with van der Waals surface area (Å²) >= 11 is 7.11. The lowest BCUT2D eigenvalue weighted by Gasteiger charge is -1.95. The third-order valence-corrected chi connectivity index (χ3v) is 0. The zero-order valence-corrected chi connectivity index (χ0v) is 11.4. The molecule has 0 aromatic heterocycles. The van der Waals surface area contributed by atoms with Gasteiger partial charge >= 0.3 is 0 Å². The van der Waals surface area contributed by atoms with Crippen LogP contribution in [0, 0.1) is 0 Å². The second-order valence-electron chi connectivity index (χ2n) is 1.33. The Balaban J connectivity index is 3.02. The number of rotatable bonds is 0. The highest BCUT2D eigenvalue weighted by Crippen LogP contribution is 2.07. The van der Waals surface area contributed by atoms with Gasteiger partial charge in [0.2, 0.25) is 0 Å². The molecule has 5 heteroatoms. The van der Waals surface area contributed by atoms with Crippen molar-refractivity contribution in [2.45, 2.75) is 0 Å². The van der Waals surface area contributed by atoms with Gasteiger partial charge in [-0.25, -0.2) is 0 Å². The Kier molecular flexibility index (Phi) is 2.72. The molecule has 0 rings (SSSR count). The van der Waals surface area contributed by atoms with Gasteiger partial charge in [-0.3, -0.25) is 0 Å². The van der Waals surface area contributed by atoms with E-state index in [2.05, 4.69) is 30.6 Å².